The van der Waals surface area contributed by atoms with E-state index in [4.69, 9.17) is 26.2 Å². The number of imide groups is 1. The van der Waals surface area contributed by atoms with E-state index in [0.717, 1.165) is 21.3 Å². The first-order valence-corrected chi connectivity index (χ1v) is 15.2. The summed E-state index contributed by atoms with van der Waals surface area (Å²) in [6.45, 7) is -0.137. The minimum Gasteiger partial charge on any atom is -0.493 e. The van der Waals surface area contributed by atoms with Gasteiger partial charge in [-0.1, -0.05) is 17.7 Å². The Hall–Kier alpha value is -3.49. The summed E-state index contributed by atoms with van der Waals surface area (Å²) in [4.78, 5) is 27.1. The van der Waals surface area contributed by atoms with Gasteiger partial charge in [-0.15, -0.1) is 0 Å². The van der Waals surface area contributed by atoms with Gasteiger partial charge in [-0.25, -0.2) is 26.9 Å². The molecule has 1 atom stereocenters. The van der Waals surface area contributed by atoms with Crippen molar-refractivity contribution >= 4 is 49.1 Å². The van der Waals surface area contributed by atoms with Crippen LogP contribution in [-0.2, 0) is 36.1 Å². The van der Waals surface area contributed by atoms with E-state index in [1.54, 1.807) is 18.2 Å². The third kappa shape index (κ3) is 5.98. The van der Waals surface area contributed by atoms with Gasteiger partial charge in [-0.2, -0.15) is 4.31 Å². The number of nitrogens with two attached hydrogens (primary N) is 1. The lowest BCUT2D eigenvalue weighted by molar-refractivity contribution is -0.122. The molecule has 1 heterocycles. The van der Waals surface area contributed by atoms with Crippen LogP contribution < -0.4 is 19.5 Å². The van der Waals surface area contributed by atoms with Gasteiger partial charge in [0.1, 0.15) is 6.04 Å². The van der Waals surface area contributed by atoms with Gasteiger partial charge in [0.2, 0.25) is 26.0 Å². The molecule has 14 heteroatoms. The summed E-state index contributed by atoms with van der Waals surface area (Å²) in [6, 6.07) is 14.1. The predicted molar refractivity (Wildman–Crippen MR) is 147 cm³/mol. The van der Waals surface area contributed by atoms with Gasteiger partial charge in [-0.3, -0.25) is 9.59 Å². The summed E-state index contributed by atoms with van der Waals surface area (Å²) in [6.07, 6.45) is -0.220. The zero-order valence-corrected chi connectivity index (χ0v) is 23.9. The van der Waals surface area contributed by atoms with Crippen molar-refractivity contribution < 1.29 is 35.9 Å². The number of hydrogen-bond donors (Lipinski definition) is 1. The molecule has 1 aliphatic heterocycles. The van der Waals surface area contributed by atoms with Crippen LogP contribution in [0.1, 0.15) is 12.0 Å². The van der Waals surface area contributed by atoms with E-state index in [9.17, 15) is 26.4 Å². The Balaban J connectivity index is 1.69. The highest BCUT2D eigenvalue weighted by atomic mass is 35.5. The van der Waals surface area contributed by atoms with Crippen LogP contribution in [0.25, 0.3) is 0 Å². The van der Waals surface area contributed by atoms with Crippen molar-refractivity contribution in [3.05, 3.63) is 77.3 Å². The smallest absolute Gasteiger partial charge is 0.252 e. The van der Waals surface area contributed by atoms with Crippen LogP contribution in [-0.4, -0.2) is 59.8 Å². The molecule has 212 valence electrons. The number of carbonyl (C=O) groups is 2. The number of amides is 2. The fourth-order valence-electron chi connectivity index (χ4n) is 4.36. The van der Waals surface area contributed by atoms with Gasteiger partial charge in [0.25, 0.3) is 5.91 Å². The standard InChI is InChI=1S/C26H26ClN3O8S2/c1-37-23-12-3-17(15-24(23)38-2)13-14-29(40(35,36)21-8-4-18(27)5-9-21)22-16-25(31)30(26(22)32)19-6-10-20(11-7-19)39(28,33)34/h3-12,15,22H,13-14,16H2,1-2H3,(H2,28,33,34). The Kier molecular flexibility index (Phi) is 8.52. The quantitative estimate of drug-likeness (QED) is 0.345. The second kappa shape index (κ2) is 11.6. The van der Waals surface area contributed by atoms with E-state index in [0.29, 0.717) is 22.1 Å². The Morgan fingerprint density at radius 3 is 2.08 bits per heavy atom. The molecule has 0 aromatic heterocycles. The van der Waals surface area contributed by atoms with Crippen molar-refractivity contribution in [1.82, 2.24) is 4.31 Å². The van der Waals surface area contributed by atoms with Crippen molar-refractivity contribution in [1.29, 1.82) is 0 Å². The van der Waals surface area contributed by atoms with E-state index in [1.807, 2.05) is 0 Å². The van der Waals surface area contributed by atoms with E-state index in [1.165, 1.54) is 50.6 Å². The highest BCUT2D eigenvalue weighted by Crippen LogP contribution is 2.32. The molecule has 1 aliphatic rings. The molecular formula is C26H26ClN3O8S2. The molecule has 11 nitrogen and oxygen atoms in total. The maximum Gasteiger partial charge on any atom is 0.252 e. The van der Waals surface area contributed by atoms with Gasteiger partial charge < -0.3 is 9.47 Å². The Morgan fingerprint density at radius 1 is 0.900 bits per heavy atom. The number of halogens is 1. The average molecular weight is 608 g/mol. The molecule has 1 fully saturated rings. The van der Waals surface area contributed by atoms with Crippen LogP contribution in [0.15, 0.2) is 76.5 Å². The number of benzene rings is 3. The molecule has 2 N–H and O–H groups in total. The number of primary sulfonamides is 1. The number of sulfonamides is 2. The molecule has 1 saturated heterocycles. The Morgan fingerprint density at radius 2 is 1.50 bits per heavy atom. The van der Waals surface area contributed by atoms with Crippen molar-refractivity contribution in [2.24, 2.45) is 5.14 Å². The second-order valence-electron chi connectivity index (χ2n) is 8.84. The minimum atomic E-state index is -4.26. The number of ether oxygens (including phenoxy) is 2. The van der Waals surface area contributed by atoms with Crippen LogP contribution in [0.2, 0.25) is 5.02 Å². The van der Waals surface area contributed by atoms with Crippen LogP contribution in [0.4, 0.5) is 5.69 Å². The van der Waals surface area contributed by atoms with Gasteiger partial charge in [0.05, 0.1) is 36.1 Å². The number of carbonyl (C=O) groups excluding carboxylic acids is 2. The zero-order chi connectivity index (χ0) is 29.2. The maximum atomic E-state index is 13.8. The third-order valence-corrected chi connectivity index (χ3v) is 9.49. The first-order chi connectivity index (χ1) is 18.9. The highest BCUT2D eigenvalue weighted by Gasteiger charge is 2.46. The molecule has 40 heavy (non-hydrogen) atoms. The lowest BCUT2D eigenvalue weighted by Crippen LogP contribution is -2.46. The zero-order valence-electron chi connectivity index (χ0n) is 21.5. The fraction of sp³-hybridized carbons (Fsp3) is 0.231. The molecule has 0 saturated carbocycles. The molecule has 2 amide bonds. The van der Waals surface area contributed by atoms with Crippen LogP contribution >= 0.6 is 11.6 Å². The number of methoxy groups -OCH3 is 2. The SMILES string of the molecule is COc1ccc(CCN(C2CC(=O)N(c3ccc(S(N)(=O)=O)cc3)C2=O)S(=O)(=O)c2ccc(Cl)cc2)cc1OC. The maximum absolute atomic E-state index is 13.8. The van der Waals surface area contributed by atoms with Crippen LogP contribution in [0.5, 0.6) is 11.5 Å². The summed E-state index contributed by atoms with van der Waals surface area (Å²) in [7, 11) is -5.28. The van der Waals surface area contributed by atoms with Gasteiger partial charge >= 0.3 is 0 Å². The fourth-order valence-corrected chi connectivity index (χ4v) is 6.58. The molecule has 4 rings (SSSR count). The van der Waals surface area contributed by atoms with E-state index in [-0.39, 0.29) is 28.4 Å². The summed E-state index contributed by atoms with van der Waals surface area (Å²) < 4.78 is 62.4. The first kappa shape index (κ1) is 29.5. The lowest BCUT2D eigenvalue weighted by atomic mass is 10.1. The number of hydrogen-bond acceptors (Lipinski definition) is 8. The summed E-state index contributed by atoms with van der Waals surface area (Å²) in [5.41, 5.74) is 0.801. The summed E-state index contributed by atoms with van der Waals surface area (Å²) in [5, 5.41) is 5.46. The highest BCUT2D eigenvalue weighted by molar-refractivity contribution is 7.89. The van der Waals surface area contributed by atoms with Gasteiger partial charge in [0, 0.05) is 11.6 Å². The lowest BCUT2D eigenvalue weighted by Gasteiger charge is -2.27. The van der Waals surface area contributed by atoms with Crippen molar-refractivity contribution in [3.8, 4) is 11.5 Å². The molecule has 0 spiro atoms. The van der Waals surface area contributed by atoms with E-state index < -0.39 is 44.3 Å². The Bertz CT molecular complexity index is 1640. The molecule has 1 unspecified atom stereocenters. The van der Waals surface area contributed by atoms with Crippen molar-refractivity contribution in [2.45, 2.75) is 28.7 Å². The molecule has 0 bridgehead atoms. The number of nitrogens with zero attached hydrogens (tertiary/aromatic N) is 2. The number of rotatable bonds is 10. The largest absolute Gasteiger partial charge is 0.493 e. The van der Waals surface area contributed by atoms with E-state index in [2.05, 4.69) is 0 Å². The molecular weight excluding hydrogens is 582 g/mol. The summed E-state index contributed by atoms with van der Waals surface area (Å²) in [5.74, 6) is -0.454. The topological polar surface area (TPSA) is 153 Å². The molecule has 0 aliphatic carbocycles. The van der Waals surface area contributed by atoms with Crippen molar-refractivity contribution in [2.75, 3.05) is 25.7 Å². The summed E-state index contributed by atoms with van der Waals surface area (Å²) >= 11 is 5.95. The number of anilines is 1. The van der Waals surface area contributed by atoms with Gasteiger partial charge in [-0.05, 0) is 72.6 Å². The third-order valence-electron chi connectivity index (χ3n) is 6.38. The normalized spacial score (nSPS) is 16.0. The Labute approximate surface area is 237 Å². The van der Waals surface area contributed by atoms with Crippen LogP contribution in [0.3, 0.4) is 0 Å². The van der Waals surface area contributed by atoms with Gasteiger partial charge in [0.15, 0.2) is 11.5 Å². The minimum absolute atomic E-state index is 0.0913. The second-order valence-corrected chi connectivity index (χ2v) is 12.7. The molecule has 3 aromatic carbocycles. The van der Waals surface area contributed by atoms with Crippen molar-refractivity contribution in [3.63, 3.8) is 0 Å². The molecule has 0 radical (unpaired) electrons. The first-order valence-electron chi connectivity index (χ1n) is 11.8. The molecule has 3 aromatic rings. The predicted octanol–water partition coefficient (Wildman–Crippen LogP) is 2.57. The van der Waals surface area contributed by atoms with Crippen LogP contribution in [0, 0.1) is 0 Å². The monoisotopic (exact) mass is 607 g/mol. The van der Waals surface area contributed by atoms with E-state index >= 15 is 0 Å². The average Bonchev–Trinajstić information content (AvgIpc) is 3.21.